The highest BCUT2D eigenvalue weighted by atomic mass is 32.2. The van der Waals surface area contributed by atoms with Gasteiger partial charge in [-0.2, -0.15) is 0 Å². The van der Waals surface area contributed by atoms with Crippen LogP contribution in [-0.2, 0) is 9.59 Å². The number of amides is 2. The third-order valence-electron chi connectivity index (χ3n) is 7.91. The predicted molar refractivity (Wildman–Crippen MR) is 171 cm³/mol. The summed E-state index contributed by atoms with van der Waals surface area (Å²) in [6, 6.07) is 15.3. The summed E-state index contributed by atoms with van der Waals surface area (Å²) in [7, 11) is 3.27. The van der Waals surface area contributed by atoms with E-state index in [0.29, 0.717) is 37.0 Å². The number of unbranched alkanes of at least 4 members (excludes halogenated alkanes) is 6. The highest BCUT2D eigenvalue weighted by molar-refractivity contribution is 7.99. The first kappa shape index (κ1) is 32.4. The lowest BCUT2D eigenvalue weighted by Crippen LogP contribution is -2.55. The number of nitrogens with zero attached hydrogens (tertiary/aromatic N) is 5. The Morgan fingerprint density at radius 2 is 1.60 bits per heavy atom. The quantitative estimate of drug-likeness (QED) is 0.149. The van der Waals surface area contributed by atoms with E-state index in [2.05, 4.69) is 17.1 Å². The summed E-state index contributed by atoms with van der Waals surface area (Å²) < 4.78 is 12.7. The molecule has 10 heteroatoms. The second-order valence-corrected chi connectivity index (χ2v) is 11.9. The average Bonchev–Trinajstić information content (AvgIpc) is 3.47. The fourth-order valence-corrected chi connectivity index (χ4v) is 6.28. The van der Waals surface area contributed by atoms with Crippen molar-refractivity contribution in [3.8, 4) is 28.6 Å². The molecule has 0 aliphatic carbocycles. The van der Waals surface area contributed by atoms with E-state index in [1.807, 2.05) is 69.8 Å². The number of aromatic nitrogens is 3. The Bertz CT molecular complexity index is 1330. The number of rotatable bonds is 15. The molecule has 9 nitrogen and oxygen atoms in total. The van der Waals surface area contributed by atoms with Crippen LogP contribution in [0.5, 0.6) is 11.5 Å². The molecule has 1 unspecified atom stereocenters. The molecule has 3 aromatic rings. The number of carbonyl (C=O) groups is 2. The molecular weight excluding hydrogens is 562 g/mol. The van der Waals surface area contributed by atoms with E-state index < -0.39 is 0 Å². The number of hydrogen-bond donors (Lipinski definition) is 0. The van der Waals surface area contributed by atoms with Gasteiger partial charge in [-0.3, -0.25) is 14.2 Å². The van der Waals surface area contributed by atoms with Crippen LogP contribution < -0.4 is 9.47 Å². The monoisotopic (exact) mass is 607 g/mol. The van der Waals surface area contributed by atoms with Crippen LogP contribution in [0.25, 0.3) is 17.1 Å². The van der Waals surface area contributed by atoms with E-state index in [1.165, 1.54) is 43.9 Å². The van der Waals surface area contributed by atoms with Gasteiger partial charge in [0.25, 0.3) is 0 Å². The van der Waals surface area contributed by atoms with E-state index >= 15 is 0 Å². The van der Waals surface area contributed by atoms with Gasteiger partial charge in [0.1, 0.15) is 11.5 Å². The van der Waals surface area contributed by atoms with Crippen molar-refractivity contribution in [2.75, 3.05) is 39.6 Å². The summed E-state index contributed by atoms with van der Waals surface area (Å²) in [6.45, 7) is 5.93. The van der Waals surface area contributed by atoms with Crippen LogP contribution in [0.2, 0.25) is 0 Å². The Morgan fingerprint density at radius 3 is 2.30 bits per heavy atom. The summed E-state index contributed by atoms with van der Waals surface area (Å²) in [4.78, 5) is 30.0. The molecule has 1 fully saturated rings. The molecule has 1 aromatic heterocycles. The Kier molecular flexibility index (Phi) is 12.3. The first-order chi connectivity index (χ1) is 20.9. The van der Waals surface area contributed by atoms with E-state index in [9.17, 15) is 9.59 Å². The van der Waals surface area contributed by atoms with Crippen molar-refractivity contribution in [3.63, 3.8) is 0 Å². The molecule has 43 heavy (non-hydrogen) atoms. The van der Waals surface area contributed by atoms with Crippen molar-refractivity contribution >= 4 is 23.6 Å². The molecule has 232 valence electrons. The molecule has 0 spiro atoms. The van der Waals surface area contributed by atoms with Gasteiger partial charge in [0, 0.05) is 43.3 Å². The maximum atomic E-state index is 13.3. The number of hydrogen-bond acceptors (Lipinski definition) is 7. The molecule has 0 bridgehead atoms. The van der Waals surface area contributed by atoms with Gasteiger partial charge >= 0.3 is 0 Å². The Morgan fingerprint density at radius 1 is 0.884 bits per heavy atom. The average molecular weight is 608 g/mol. The SMILES string of the molecule is CCCCCCCCCC(=O)N1CCN(C(=O)CSc2nnc(-c3cccc(OC)c3)n2-c2ccc(OC)cc2)CC1C. The van der Waals surface area contributed by atoms with Gasteiger partial charge < -0.3 is 19.3 Å². The predicted octanol–water partition coefficient (Wildman–Crippen LogP) is 6.24. The molecule has 4 rings (SSSR count). The molecule has 2 amide bonds. The van der Waals surface area contributed by atoms with Gasteiger partial charge in [-0.1, -0.05) is 69.3 Å². The summed E-state index contributed by atoms with van der Waals surface area (Å²) in [5.74, 6) is 2.59. The summed E-state index contributed by atoms with van der Waals surface area (Å²) >= 11 is 1.36. The zero-order valence-corrected chi connectivity index (χ0v) is 26.8. The van der Waals surface area contributed by atoms with Crippen LogP contribution in [0.15, 0.2) is 53.7 Å². The first-order valence-electron chi connectivity index (χ1n) is 15.4. The number of benzene rings is 2. The van der Waals surface area contributed by atoms with E-state index in [-0.39, 0.29) is 23.6 Å². The van der Waals surface area contributed by atoms with Crippen LogP contribution in [-0.4, -0.2) is 82.0 Å². The van der Waals surface area contributed by atoms with Crippen molar-refractivity contribution in [2.24, 2.45) is 0 Å². The summed E-state index contributed by atoms with van der Waals surface area (Å²) in [5, 5.41) is 9.59. The van der Waals surface area contributed by atoms with Gasteiger partial charge in [0.05, 0.1) is 20.0 Å². The van der Waals surface area contributed by atoms with Gasteiger partial charge in [-0.15, -0.1) is 10.2 Å². The Labute approximate surface area is 259 Å². The highest BCUT2D eigenvalue weighted by Crippen LogP contribution is 2.31. The maximum absolute atomic E-state index is 13.3. The minimum Gasteiger partial charge on any atom is -0.497 e. The number of methoxy groups -OCH3 is 2. The van der Waals surface area contributed by atoms with Crippen LogP contribution in [0.4, 0.5) is 0 Å². The first-order valence-corrected chi connectivity index (χ1v) is 16.4. The van der Waals surface area contributed by atoms with E-state index in [0.717, 1.165) is 35.6 Å². The van der Waals surface area contributed by atoms with E-state index in [4.69, 9.17) is 9.47 Å². The summed E-state index contributed by atoms with van der Waals surface area (Å²) in [5.41, 5.74) is 1.72. The lowest BCUT2D eigenvalue weighted by Gasteiger charge is -2.40. The fourth-order valence-electron chi connectivity index (χ4n) is 5.43. The third kappa shape index (κ3) is 8.75. The van der Waals surface area contributed by atoms with Crippen molar-refractivity contribution < 1.29 is 19.1 Å². The van der Waals surface area contributed by atoms with Gasteiger partial charge in [0.2, 0.25) is 11.8 Å². The molecule has 0 saturated carbocycles. The number of ether oxygens (including phenoxy) is 2. The second-order valence-electron chi connectivity index (χ2n) is 11.0. The second kappa shape index (κ2) is 16.4. The largest absolute Gasteiger partial charge is 0.497 e. The third-order valence-corrected chi connectivity index (χ3v) is 8.83. The van der Waals surface area contributed by atoms with Crippen LogP contribution in [0, 0.1) is 0 Å². The van der Waals surface area contributed by atoms with Gasteiger partial charge in [-0.05, 0) is 49.7 Å². The zero-order valence-electron chi connectivity index (χ0n) is 26.0. The number of thioether (sulfide) groups is 1. The lowest BCUT2D eigenvalue weighted by molar-refractivity contribution is -0.141. The van der Waals surface area contributed by atoms with Crippen molar-refractivity contribution in [3.05, 3.63) is 48.5 Å². The smallest absolute Gasteiger partial charge is 0.233 e. The lowest BCUT2D eigenvalue weighted by atomic mass is 10.1. The molecular formula is C33H45N5O4S. The van der Waals surface area contributed by atoms with Crippen LogP contribution in [0.3, 0.4) is 0 Å². The standard InChI is InChI=1S/C33H45N5O4S/c1-5-6-7-8-9-10-11-15-30(39)37-21-20-36(23-25(37)2)31(40)24-43-33-35-34-32(26-13-12-14-29(22-26)42-4)38(33)27-16-18-28(41-3)19-17-27/h12-14,16-19,22,25H,5-11,15,20-21,23-24H2,1-4H3. The molecule has 1 atom stereocenters. The highest BCUT2D eigenvalue weighted by Gasteiger charge is 2.30. The molecule has 1 saturated heterocycles. The van der Waals surface area contributed by atoms with Gasteiger partial charge in [0.15, 0.2) is 11.0 Å². The minimum absolute atomic E-state index is 0.00219. The number of piperazine rings is 1. The fraction of sp³-hybridized carbons (Fsp3) is 0.515. The van der Waals surface area contributed by atoms with Crippen LogP contribution >= 0.6 is 11.8 Å². The molecule has 0 radical (unpaired) electrons. The molecule has 1 aliphatic rings. The van der Waals surface area contributed by atoms with Crippen LogP contribution in [0.1, 0.15) is 65.2 Å². The van der Waals surface area contributed by atoms with Gasteiger partial charge in [-0.25, -0.2) is 0 Å². The van der Waals surface area contributed by atoms with Crippen molar-refractivity contribution in [1.82, 2.24) is 24.6 Å². The molecule has 2 aromatic carbocycles. The zero-order chi connectivity index (χ0) is 30.6. The van der Waals surface area contributed by atoms with Crippen molar-refractivity contribution in [1.29, 1.82) is 0 Å². The topological polar surface area (TPSA) is 89.8 Å². The number of carbonyl (C=O) groups excluding carboxylic acids is 2. The maximum Gasteiger partial charge on any atom is 0.233 e. The van der Waals surface area contributed by atoms with Crippen molar-refractivity contribution in [2.45, 2.75) is 76.4 Å². The molecule has 1 aliphatic heterocycles. The normalized spacial score (nSPS) is 15.0. The molecule has 0 N–H and O–H groups in total. The minimum atomic E-state index is 0.00219. The Balaban J connectivity index is 1.36. The Hall–Kier alpha value is -3.53. The summed E-state index contributed by atoms with van der Waals surface area (Å²) in [6.07, 6.45) is 8.95. The van der Waals surface area contributed by atoms with E-state index in [1.54, 1.807) is 14.2 Å². The molecule has 2 heterocycles.